The van der Waals surface area contributed by atoms with Crippen molar-refractivity contribution in [2.45, 2.75) is 19.0 Å². The van der Waals surface area contributed by atoms with Gasteiger partial charge in [-0.3, -0.25) is 0 Å². The Kier molecular flexibility index (Phi) is 3.01. The molecule has 0 radical (unpaired) electrons. The van der Waals surface area contributed by atoms with Crippen LogP contribution in [-0.4, -0.2) is 17.7 Å². The lowest BCUT2D eigenvalue weighted by molar-refractivity contribution is 0.246. The van der Waals surface area contributed by atoms with Gasteiger partial charge in [-0.25, -0.2) is 4.39 Å². The Morgan fingerprint density at radius 3 is 3.10 bits per heavy atom. The highest BCUT2D eigenvalue weighted by molar-refractivity contribution is 7.99. The third-order valence-electron chi connectivity index (χ3n) is 1.78. The van der Waals surface area contributed by atoms with E-state index in [1.807, 2.05) is 6.07 Å². The lowest BCUT2D eigenvalue weighted by Crippen LogP contribution is -2.23. The Balaban J connectivity index is 2.34. The van der Waals surface area contributed by atoms with Gasteiger partial charge in [0, 0.05) is 18.1 Å². The number of hydrogen-bond donors (Lipinski definition) is 0. The molecule has 2 atom stereocenters. The SMILES string of the molecule is N#CCC1CCSCC1F. The third-order valence-corrected chi connectivity index (χ3v) is 2.85. The van der Waals surface area contributed by atoms with Gasteiger partial charge in [-0.15, -0.1) is 0 Å². The molecule has 1 aliphatic heterocycles. The molecule has 1 rings (SSSR count). The summed E-state index contributed by atoms with van der Waals surface area (Å²) in [7, 11) is 0. The minimum atomic E-state index is -0.738. The summed E-state index contributed by atoms with van der Waals surface area (Å²) in [5.74, 6) is 1.63. The Hall–Kier alpha value is -0.230. The van der Waals surface area contributed by atoms with E-state index in [1.54, 1.807) is 11.8 Å². The zero-order valence-electron chi connectivity index (χ0n) is 5.72. The van der Waals surface area contributed by atoms with Crippen LogP contribution in [0.4, 0.5) is 4.39 Å². The molecule has 1 fully saturated rings. The molecule has 0 aromatic carbocycles. The fourth-order valence-corrected chi connectivity index (χ4v) is 2.23. The van der Waals surface area contributed by atoms with Crippen LogP contribution in [0, 0.1) is 17.2 Å². The first-order valence-electron chi connectivity index (χ1n) is 3.43. The second-order valence-electron chi connectivity index (χ2n) is 2.50. The summed E-state index contributed by atoms with van der Waals surface area (Å²) in [4.78, 5) is 0. The van der Waals surface area contributed by atoms with Crippen molar-refractivity contribution in [2.24, 2.45) is 5.92 Å². The first-order chi connectivity index (χ1) is 4.84. The van der Waals surface area contributed by atoms with E-state index in [0.29, 0.717) is 12.2 Å². The van der Waals surface area contributed by atoms with Gasteiger partial charge in [0.05, 0.1) is 6.07 Å². The van der Waals surface area contributed by atoms with Crippen LogP contribution in [0.2, 0.25) is 0 Å². The van der Waals surface area contributed by atoms with Crippen molar-refractivity contribution < 1.29 is 4.39 Å². The molecule has 1 nitrogen and oxygen atoms in total. The van der Waals surface area contributed by atoms with Gasteiger partial charge in [0.15, 0.2) is 0 Å². The predicted octanol–water partition coefficient (Wildman–Crippen LogP) is 1.99. The third kappa shape index (κ3) is 1.88. The number of thioether (sulfide) groups is 1. The van der Waals surface area contributed by atoms with Crippen molar-refractivity contribution in [3.63, 3.8) is 0 Å². The largest absolute Gasteiger partial charge is 0.246 e. The minimum absolute atomic E-state index is 0.0197. The van der Waals surface area contributed by atoms with Crippen LogP contribution in [0.1, 0.15) is 12.8 Å². The average Bonchev–Trinajstić information content (AvgIpc) is 1.94. The fraction of sp³-hybridized carbons (Fsp3) is 0.857. The van der Waals surface area contributed by atoms with Gasteiger partial charge in [-0.05, 0) is 12.2 Å². The molecular weight excluding hydrogens is 149 g/mol. The Labute approximate surface area is 64.6 Å². The van der Waals surface area contributed by atoms with Crippen molar-refractivity contribution >= 4 is 11.8 Å². The van der Waals surface area contributed by atoms with Crippen molar-refractivity contribution in [3.8, 4) is 6.07 Å². The van der Waals surface area contributed by atoms with Crippen LogP contribution in [0.15, 0.2) is 0 Å². The van der Waals surface area contributed by atoms with Crippen molar-refractivity contribution in [3.05, 3.63) is 0 Å². The van der Waals surface area contributed by atoms with Gasteiger partial charge in [0.2, 0.25) is 0 Å². The molecule has 10 heavy (non-hydrogen) atoms. The molecule has 2 unspecified atom stereocenters. The number of nitriles is 1. The molecular formula is C7H10FNS. The molecule has 1 aliphatic rings. The zero-order chi connectivity index (χ0) is 7.40. The monoisotopic (exact) mass is 159 g/mol. The Bertz CT molecular complexity index is 143. The number of rotatable bonds is 1. The van der Waals surface area contributed by atoms with Crippen LogP contribution in [0.25, 0.3) is 0 Å². The van der Waals surface area contributed by atoms with Crippen LogP contribution in [-0.2, 0) is 0 Å². The Morgan fingerprint density at radius 2 is 2.50 bits per heavy atom. The van der Waals surface area contributed by atoms with E-state index in [0.717, 1.165) is 12.2 Å². The molecule has 0 aromatic rings. The van der Waals surface area contributed by atoms with E-state index in [4.69, 9.17) is 5.26 Å². The lowest BCUT2D eigenvalue weighted by Gasteiger charge is -2.22. The summed E-state index contributed by atoms with van der Waals surface area (Å²) in [5.41, 5.74) is 0. The van der Waals surface area contributed by atoms with Gasteiger partial charge in [-0.2, -0.15) is 17.0 Å². The van der Waals surface area contributed by atoms with Crippen molar-refractivity contribution in [1.82, 2.24) is 0 Å². The topological polar surface area (TPSA) is 23.8 Å². The molecule has 0 bridgehead atoms. The lowest BCUT2D eigenvalue weighted by atomic mass is 9.98. The average molecular weight is 159 g/mol. The fourth-order valence-electron chi connectivity index (χ4n) is 1.09. The minimum Gasteiger partial charge on any atom is -0.246 e. The molecule has 0 aliphatic carbocycles. The maximum absolute atomic E-state index is 12.9. The van der Waals surface area contributed by atoms with E-state index in [-0.39, 0.29) is 5.92 Å². The second-order valence-corrected chi connectivity index (χ2v) is 3.65. The van der Waals surface area contributed by atoms with E-state index in [9.17, 15) is 4.39 Å². The molecule has 0 saturated carbocycles. The van der Waals surface area contributed by atoms with Gasteiger partial charge in [-0.1, -0.05) is 0 Å². The molecule has 0 N–H and O–H groups in total. The van der Waals surface area contributed by atoms with Crippen LogP contribution in [0.3, 0.4) is 0 Å². The summed E-state index contributed by atoms with van der Waals surface area (Å²) >= 11 is 1.65. The Morgan fingerprint density at radius 1 is 1.70 bits per heavy atom. The standard InChI is InChI=1S/C7H10FNS/c8-7-5-10-4-2-6(7)1-3-9/h6-7H,1-2,4-5H2. The molecule has 56 valence electrons. The maximum Gasteiger partial charge on any atom is 0.113 e. The number of halogens is 1. The number of nitrogens with zero attached hydrogens (tertiary/aromatic N) is 1. The first-order valence-corrected chi connectivity index (χ1v) is 4.59. The summed E-state index contributed by atoms with van der Waals surface area (Å²) in [5, 5.41) is 8.31. The zero-order valence-corrected chi connectivity index (χ0v) is 6.53. The quantitative estimate of drug-likeness (QED) is 0.584. The van der Waals surface area contributed by atoms with Gasteiger partial charge in [0.25, 0.3) is 0 Å². The van der Waals surface area contributed by atoms with Crippen LogP contribution in [0.5, 0.6) is 0 Å². The molecule has 0 aromatic heterocycles. The van der Waals surface area contributed by atoms with Gasteiger partial charge < -0.3 is 0 Å². The summed E-state index contributed by atoms with van der Waals surface area (Å²) in [6.45, 7) is 0. The molecule has 1 heterocycles. The molecule has 0 amide bonds. The summed E-state index contributed by atoms with van der Waals surface area (Å²) < 4.78 is 12.9. The van der Waals surface area contributed by atoms with Gasteiger partial charge in [0.1, 0.15) is 6.17 Å². The summed E-state index contributed by atoms with van der Waals surface area (Å²) in [6.07, 6.45) is 0.527. The predicted molar refractivity (Wildman–Crippen MR) is 40.6 cm³/mol. The normalized spacial score (nSPS) is 33.2. The van der Waals surface area contributed by atoms with E-state index < -0.39 is 6.17 Å². The highest BCUT2D eigenvalue weighted by atomic mass is 32.2. The number of hydrogen-bond acceptors (Lipinski definition) is 2. The van der Waals surface area contributed by atoms with Crippen LogP contribution >= 0.6 is 11.8 Å². The van der Waals surface area contributed by atoms with Crippen molar-refractivity contribution in [2.75, 3.05) is 11.5 Å². The van der Waals surface area contributed by atoms with Crippen molar-refractivity contribution in [1.29, 1.82) is 5.26 Å². The van der Waals surface area contributed by atoms with E-state index in [1.165, 1.54) is 0 Å². The maximum atomic E-state index is 12.9. The smallest absolute Gasteiger partial charge is 0.113 e. The summed E-state index contributed by atoms with van der Waals surface area (Å²) in [6, 6.07) is 2.02. The second kappa shape index (κ2) is 3.82. The highest BCUT2D eigenvalue weighted by Gasteiger charge is 2.24. The molecule has 1 saturated heterocycles. The van der Waals surface area contributed by atoms with Crippen LogP contribution < -0.4 is 0 Å². The molecule has 0 spiro atoms. The first kappa shape index (κ1) is 7.87. The number of alkyl halides is 1. The highest BCUT2D eigenvalue weighted by Crippen LogP contribution is 2.27. The van der Waals surface area contributed by atoms with Gasteiger partial charge >= 0.3 is 0 Å². The molecule has 3 heteroatoms. The van der Waals surface area contributed by atoms with E-state index >= 15 is 0 Å². The van der Waals surface area contributed by atoms with E-state index in [2.05, 4.69) is 0 Å².